The molecule has 0 aliphatic heterocycles. The maximum Gasteiger partial charge on any atom is 0.412 e. The minimum atomic E-state index is -0.563. The molecule has 0 radical (unpaired) electrons. The SMILES string of the molecule is Cc1coc2c(OCc3ccccc3)cc(NC(=O)OC(C)(C)C)cc12. The van der Waals surface area contributed by atoms with E-state index >= 15 is 0 Å². The number of amides is 1. The number of ether oxygens (including phenoxy) is 2. The average molecular weight is 353 g/mol. The molecule has 0 saturated heterocycles. The van der Waals surface area contributed by atoms with E-state index < -0.39 is 11.7 Å². The first-order valence-corrected chi connectivity index (χ1v) is 8.50. The number of furan rings is 1. The minimum absolute atomic E-state index is 0.408. The maximum absolute atomic E-state index is 12.1. The number of hydrogen-bond acceptors (Lipinski definition) is 4. The Labute approximate surface area is 152 Å². The lowest BCUT2D eigenvalue weighted by molar-refractivity contribution is 0.0636. The molecule has 26 heavy (non-hydrogen) atoms. The normalized spacial score (nSPS) is 11.4. The third kappa shape index (κ3) is 4.36. The molecular formula is C21H23NO4. The molecule has 0 spiro atoms. The predicted molar refractivity (Wildman–Crippen MR) is 102 cm³/mol. The summed E-state index contributed by atoms with van der Waals surface area (Å²) in [5, 5.41) is 3.65. The molecule has 2 aromatic carbocycles. The summed E-state index contributed by atoms with van der Waals surface area (Å²) in [7, 11) is 0. The third-order valence-corrected chi connectivity index (χ3v) is 3.72. The van der Waals surface area contributed by atoms with Gasteiger partial charge in [0, 0.05) is 17.1 Å². The quantitative estimate of drug-likeness (QED) is 0.657. The minimum Gasteiger partial charge on any atom is -0.485 e. The van der Waals surface area contributed by atoms with Gasteiger partial charge >= 0.3 is 6.09 Å². The third-order valence-electron chi connectivity index (χ3n) is 3.72. The van der Waals surface area contributed by atoms with Crippen LogP contribution in [0.3, 0.4) is 0 Å². The molecule has 1 heterocycles. The van der Waals surface area contributed by atoms with Crippen LogP contribution in [0.25, 0.3) is 11.0 Å². The van der Waals surface area contributed by atoms with E-state index in [2.05, 4.69) is 5.32 Å². The highest BCUT2D eigenvalue weighted by atomic mass is 16.6. The van der Waals surface area contributed by atoms with Crippen LogP contribution in [-0.4, -0.2) is 11.7 Å². The van der Waals surface area contributed by atoms with E-state index in [0.717, 1.165) is 16.5 Å². The Morgan fingerprint density at radius 1 is 1.15 bits per heavy atom. The molecule has 0 unspecified atom stereocenters. The van der Waals surface area contributed by atoms with Crippen LogP contribution in [0.5, 0.6) is 5.75 Å². The Morgan fingerprint density at radius 3 is 2.58 bits per heavy atom. The van der Waals surface area contributed by atoms with Crippen molar-refractivity contribution >= 4 is 22.7 Å². The molecule has 3 rings (SSSR count). The molecule has 0 aliphatic carbocycles. The van der Waals surface area contributed by atoms with Crippen molar-refractivity contribution in [3.63, 3.8) is 0 Å². The Bertz CT molecular complexity index is 907. The lowest BCUT2D eigenvalue weighted by Gasteiger charge is -2.20. The molecule has 0 bridgehead atoms. The highest BCUT2D eigenvalue weighted by molar-refractivity contribution is 5.94. The Balaban J connectivity index is 1.86. The first-order valence-electron chi connectivity index (χ1n) is 8.50. The van der Waals surface area contributed by atoms with Gasteiger partial charge in [0.2, 0.25) is 0 Å². The second kappa shape index (κ2) is 7.12. The van der Waals surface area contributed by atoms with Crippen molar-refractivity contribution in [3.8, 4) is 5.75 Å². The number of aryl methyl sites for hydroxylation is 1. The molecule has 3 aromatic rings. The first-order chi connectivity index (χ1) is 12.3. The fraction of sp³-hybridized carbons (Fsp3) is 0.286. The molecule has 5 heteroatoms. The molecule has 0 saturated carbocycles. The zero-order valence-electron chi connectivity index (χ0n) is 15.5. The van der Waals surface area contributed by atoms with Gasteiger partial charge in [-0.1, -0.05) is 30.3 Å². The summed E-state index contributed by atoms with van der Waals surface area (Å²) in [5.41, 5.74) is 2.71. The van der Waals surface area contributed by atoms with E-state index in [9.17, 15) is 4.79 Å². The molecule has 136 valence electrons. The summed E-state index contributed by atoms with van der Waals surface area (Å²) in [6.45, 7) is 7.83. The van der Waals surface area contributed by atoms with E-state index in [0.29, 0.717) is 23.6 Å². The first kappa shape index (κ1) is 17.9. The maximum atomic E-state index is 12.1. The van der Waals surface area contributed by atoms with Gasteiger partial charge in [-0.3, -0.25) is 5.32 Å². The zero-order chi connectivity index (χ0) is 18.7. The van der Waals surface area contributed by atoms with E-state index in [-0.39, 0.29) is 0 Å². The van der Waals surface area contributed by atoms with Crippen LogP contribution < -0.4 is 10.1 Å². The van der Waals surface area contributed by atoms with Crippen molar-refractivity contribution in [2.24, 2.45) is 0 Å². The van der Waals surface area contributed by atoms with Gasteiger partial charge in [0.15, 0.2) is 11.3 Å². The smallest absolute Gasteiger partial charge is 0.412 e. The standard InChI is InChI=1S/C21H23NO4/c1-14-12-25-19-17(14)10-16(22-20(23)26-21(2,3)4)11-18(19)24-13-15-8-6-5-7-9-15/h5-12H,13H2,1-4H3,(H,22,23). The summed E-state index contributed by atoms with van der Waals surface area (Å²) in [6.07, 6.45) is 1.17. The monoisotopic (exact) mass is 353 g/mol. The van der Waals surface area contributed by atoms with Crippen molar-refractivity contribution in [2.75, 3.05) is 5.32 Å². The number of benzene rings is 2. The van der Waals surface area contributed by atoms with Gasteiger partial charge in [-0.2, -0.15) is 0 Å². The number of carbonyl (C=O) groups excluding carboxylic acids is 1. The zero-order valence-corrected chi connectivity index (χ0v) is 15.5. The molecule has 1 amide bonds. The van der Waals surface area contributed by atoms with Gasteiger partial charge in [-0.05, 0) is 44.9 Å². The molecule has 0 fully saturated rings. The van der Waals surface area contributed by atoms with E-state index in [4.69, 9.17) is 13.9 Å². The van der Waals surface area contributed by atoms with Crippen molar-refractivity contribution in [1.29, 1.82) is 0 Å². The lowest BCUT2D eigenvalue weighted by Crippen LogP contribution is -2.27. The van der Waals surface area contributed by atoms with Crippen LogP contribution in [-0.2, 0) is 11.3 Å². The van der Waals surface area contributed by atoms with Gasteiger partial charge in [0.25, 0.3) is 0 Å². The van der Waals surface area contributed by atoms with Crippen LogP contribution in [0, 0.1) is 6.92 Å². The summed E-state index contributed by atoms with van der Waals surface area (Å²) >= 11 is 0. The summed E-state index contributed by atoms with van der Waals surface area (Å²) in [5.74, 6) is 0.575. The number of anilines is 1. The molecule has 0 atom stereocenters. The molecule has 1 aromatic heterocycles. The van der Waals surface area contributed by atoms with E-state index in [1.807, 2.05) is 64.1 Å². The van der Waals surface area contributed by atoms with Crippen molar-refractivity contribution in [1.82, 2.24) is 0 Å². The number of hydrogen-bond donors (Lipinski definition) is 1. The average Bonchev–Trinajstić information content (AvgIpc) is 2.93. The molecular weight excluding hydrogens is 330 g/mol. The second-order valence-electron chi connectivity index (χ2n) is 7.17. The highest BCUT2D eigenvalue weighted by Crippen LogP contribution is 2.34. The number of fused-ring (bicyclic) bond motifs is 1. The molecule has 0 aliphatic rings. The van der Waals surface area contributed by atoms with Crippen LogP contribution in [0.2, 0.25) is 0 Å². The molecule has 5 nitrogen and oxygen atoms in total. The Hall–Kier alpha value is -2.95. The number of nitrogens with one attached hydrogen (secondary N) is 1. The van der Waals surface area contributed by atoms with Gasteiger partial charge in [-0.25, -0.2) is 4.79 Å². The fourth-order valence-corrected chi connectivity index (χ4v) is 2.56. The summed E-state index contributed by atoms with van der Waals surface area (Å²) in [4.78, 5) is 12.1. The summed E-state index contributed by atoms with van der Waals surface area (Å²) in [6, 6.07) is 13.5. The lowest BCUT2D eigenvalue weighted by atomic mass is 10.1. The largest absolute Gasteiger partial charge is 0.485 e. The van der Waals surface area contributed by atoms with Crippen LogP contribution >= 0.6 is 0 Å². The van der Waals surface area contributed by atoms with Crippen LogP contribution in [0.15, 0.2) is 53.1 Å². The summed E-state index contributed by atoms with van der Waals surface area (Å²) < 4.78 is 16.9. The van der Waals surface area contributed by atoms with Gasteiger partial charge in [0.1, 0.15) is 12.2 Å². The topological polar surface area (TPSA) is 60.7 Å². The van der Waals surface area contributed by atoms with Gasteiger partial charge in [-0.15, -0.1) is 0 Å². The fourth-order valence-electron chi connectivity index (χ4n) is 2.56. The number of carbonyl (C=O) groups is 1. The second-order valence-corrected chi connectivity index (χ2v) is 7.17. The number of rotatable bonds is 4. The van der Waals surface area contributed by atoms with E-state index in [1.54, 1.807) is 12.3 Å². The predicted octanol–water partition coefficient (Wildman–Crippen LogP) is 5.67. The molecule has 1 N–H and O–H groups in total. The van der Waals surface area contributed by atoms with Gasteiger partial charge in [0.05, 0.1) is 6.26 Å². The highest BCUT2D eigenvalue weighted by Gasteiger charge is 2.18. The Kier molecular flexibility index (Phi) is 4.89. The Morgan fingerprint density at radius 2 is 1.88 bits per heavy atom. The van der Waals surface area contributed by atoms with Crippen molar-refractivity contribution in [3.05, 3.63) is 59.9 Å². The van der Waals surface area contributed by atoms with E-state index in [1.165, 1.54) is 0 Å². The van der Waals surface area contributed by atoms with Crippen LogP contribution in [0.4, 0.5) is 10.5 Å². The van der Waals surface area contributed by atoms with Crippen LogP contribution in [0.1, 0.15) is 31.9 Å². The van der Waals surface area contributed by atoms with Gasteiger partial charge < -0.3 is 13.9 Å². The van der Waals surface area contributed by atoms with Crippen molar-refractivity contribution in [2.45, 2.75) is 39.9 Å². The van der Waals surface area contributed by atoms with Crippen molar-refractivity contribution < 1.29 is 18.7 Å².